The molecule has 1 aromatic heterocycles. The van der Waals surface area contributed by atoms with Gasteiger partial charge in [0.05, 0.1) is 7.11 Å². The number of amides is 1. The van der Waals surface area contributed by atoms with Crippen molar-refractivity contribution in [3.8, 4) is 11.8 Å². The van der Waals surface area contributed by atoms with Gasteiger partial charge in [-0.15, -0.1) is 0 Å². The van der Waals surface area contributed by atoms with Crippen molar-refractivity contribution in [3.05, 3.63) is 41.3 Å². The molecule has 0 spiro atoms. The molecule has 1 heterocycles. The Morgan fingerprint density at radius 3 is 2.95 bits per heavy atom. The molecular formula is C13H11FN4O2. The molecule has 1 N–H and O–H groups in total. The molecule has 0 saturated heterocycles. The molecule has 0 saturated carbocycles. The van der Waals surface area contributed by atoms with E-state index in [0.29, 0.717) is 0 Å². The van der Waals surface area contributed by atoms with Crippen LogP contribution < -0.4 is 10.1 Å². The lowest BCUT2D eigenvalue weighted by atomic mass is 10.1. The third-order valence-corrected chi connectivity index (χ3v) is 2.60. The van der Waals surface area contributed by atoms with E-state index in [9.17, 15) is 9.18 Å². The summed E-state index contributed by atoms with van der Waals surface area (Å²) in [5, 5.41) is 15.2. The number of aryl methyl sites for hydroxylation is 1. The minimum atomic E-state index is -0.727. The number of methoxy groups -OCH3 is 1. The molecule has 102 valence electrons. The summed E-state index contributed by atoms with van der Waals surface area (Å²) < 4.78 is 20.1. The van der Waals surface area contributed by atoms with E-state index in [0.717, 1.165) is 6.07 Å². The molecule has 1 amide bonds. The number of anilines is 1. The van der Waals surface area contributed by atoms with Gasteiger partial charge in [-0.25, -0.2) is 4.39 Å². The van der Waals surface area contributed by atoms with Gasteiger partial charge in [0, 0.05) is 13.2 Å². The van der Waals surface area contributed by atoms with Gasteiger partial charge in [-0.3, -0.25) is 9.48 Å². The van der Waals surface area contributed by atoms with E-state index in [1.807, 2.05) is 6.07 Å². The lowest BCUT2D eigenvalue weighted by molar-refractivity contribution is 0.101. The van der Waals surface area contributed by atoms with Crippen LogP contribution in [-0.4, -0.2) is 22.8 Å². The number of nitrogens with one attached hydrogen (secondary N) is 1. The molecule has 0 aliphatic carbocycles. The fourth-order valence-electron chi connectivity index (χ4n) is 1.73. The molecule has 6 nitrogen and oxygen atoms in total. The molecule has 7 heteroatoms. The first-order chi connectivity index (χ1) is 9.56. The zero-order chi connectivity index (χ0) is 14.7. The van der Waals surface area contributed by atoms with Gasteiger partial charge < -0.3 is 10.1 Å². The van der Waals surface area contributed by atoms with Crippen molar-refractivity contribution in [1.29, 1.82) is 5.26 Å². The van der Waals surface area contributed by atoms with Crippen LogP contribution in [0, 0.1) is 17.1 Å². The Morgan fingerprint density at radius 2 is 2.30 bits per heavy atom. The van der Waals surface area contributed by atoms with Crippen LogP contribution in [0.3, 0.4) is 0 Å². The van der Waals surface area contributed by atoms with Gasteiger partial charge in [0.1, 0.15) is 28.8 Å². The van der Waals surface area contributed by atoms with Crippen LogP contribution >= 0.6 is 0 Å². The number of nitriles is 1. The Bertz CT molecular complexity index is 703. The largest absolute Gasteiger partial charge is 0.496 e. The summed E-state index contributed by atoms with van der Waals surface area (Å²) in [5.41, 5.74) is -0.0410. The second-order valence-corrected chi connectivity index (χ2v) is 3.95. The highest BCUT2D eigenvalue weighted by molar-refractivity contribution is 6.06. The Morgan fingerprint density at radius 1 is 1.55 bits per heavy atom. The van der Waals surface area contributed by atoms with Crippen molar-refractivity contribution in [3.63, 3.8) is 0 Å². The smallest absolute Gasteiger partial charge is 0.263 e. The average Bonchev–Trinajstić information content (AvgIpc) is 2.78. The fraction of sp³-hybridized carbons (Fsp3) is 0.154. The molecule has 1 aromatic carbocycles. The SMILES string of the molecule is COc1cccc(F)c1C(=O)Nc1nn(C)cc1C#N. The number of carbonyl (C=O) groups is 1. The highest BCUT2D eigenvalue weighted by atomic mass is 19.1. The number of halogens is 1. The van der Waals surface area contributed by atoms with Crippen molar-refractivity contribution < 1.29 is 13.9 Å². The van der Waals surface area contributed by atoms with Crippen molar-refractivity contribution in [2.75, 3.05) is 12.4 Å². The minimum Gasteiger partial charge on any atom is -0.496 e. The maximum absolute atomic E-state index is 13.7. The monoisotopic (exact) mass is 274 g/mol. The topological polar surface area (TPSA) is 79.9 Å². The van der Waals surface area contributed by atoms with E-state index in [-0.39, 0.29) is 22.7 Å². The molecule has 2 rings (SSSR count). The first-order valence-electron chi connectivity index (χ1n) is 5.64. The number of carbonyl (C=O) groups excluding carboxylic acids is 1. The fourth-order valence-corrected chi connectivity index (χ4v) is 1.73. The van der Waals surface area contributed by atoms with Gasteiger partial charge in [0.25, 0.3) is 5.91 Å². The van der Waals surface area contributed by atoms with Crippen LogP contribution in [0.15, 0.2) is 24.4 Å². The van der Waals surface area contributed by atoms with Crippen LogP contribution in [0.1, 0.15) is 15.9 Å². The molecular weight excluding hydrogens is 263 g/mol. The van der Waals surface area contributed by atoms with Crippen LogP contribution in [0.4, 0.5) is 10.2 Å². The molecule has 0 aliphatic heterocycles. The van der Waals surface area contributed by atoms with Crippen molar-refractivity contribution in [1.82, 2.24) is 9.78 Å². The van der Waals surface area contributed by atoms with Gasteiger partial charge in [0.15, 0.2) is 5.82 Å². The van der Waals surface area contributed by atoms with Gasteiger partial charge in [-0.1, -0.05) is 6.07 Å². The number of hydrogen-bond donors (Lipinski definition) is 1. The lowest BCUT2D eigenvalue weighted by Crippen LogP contribution is -2.16. The highest BCUT2D eigenvalue weighted by Gasteiger charge is 2.20. The first kappa shape index (κ1) is 13.5. The summed E-state index contributed by atoms with van der Waals surface area (Å²) >= 11 is 0. The predicted molar refractivity (Wildman–Crippen MR) is 68.8 cm³/mol. The predicted octanol–water partition coefficient (Wildman–Crippen LogP) is 1.69. The Hall–Kier alpha value is -2.88. The van der Waals surface area contributed by atoms with Gasteiger partial charge >= 0.3 is 0 Å². The van der Waals surface area contributed by atoms with Gasteiger partial charge in [-0.05, 0) is 12.1 Å². The van der Waals surface area contributed by atoms with Crippen LogP contribution in [0.2, 0.25) is 0 Å². The van der Waals surface area contributed by atoms with Crippen LogP contribution in [-0.2, 0) is 7.05 Å². The summed E-state index contributed by atoms with van der Waals surface area (Å²) in [7, 11) is 2.95. The minimum absolute atomic E-state index is 0.0744. The Kier molecular flexibility index (Phi) is 3.66. The van der Waals surface area contributed by atoms with E-state index in [2.05, 4.69) is 10.4 Å². The summed E-state index contributed by atoms with van der Waals surface area (Å²) in [6.45, 7) is 0. The van der Waals surface area contributed by atoms with Gasteiger partial charge in [0.2, 0.25) is 0 Å². The number of ether oxygens (including phenoxy) is 1. The van der Waals surface area contributed by atoms with E-state index >= 15 is 0 Å². The highest BCUT2D eigenvalue weighted by Crippen LogP contribution is 2.22. The molecule has 0 atom stereocenters. The zero-order valence-corrected chi connectivity index (χ0v) is 10.8. The maximum atomic E-state index is 13.7. The zero-order valence-electron chi connectivity index (χ0n) is 10.8. The number of benzene rings is 1. The molecule has 0 radical (unpaired) electrons. The summed E-state index contributed by atoms with van der Waals surface area (Å²) in [5.74, 6) is -1.26. The van der Waals surface area contributed by atoms with E-state index in [4.69, 9.17) is 10.00 Å². The lowest BCUT2D eigenvalue weighted by Gasteiger charge is -2.08. The normalized spacial score (nSPS) is 9.90. The van der Waals surface area contributed by atoms with Crippen molar-refractivity contribution in [2.45, 2.75) is 0 Å². The van der Waals surface area contributed by atoms with Crippen LogP contribution in [0.25, 0.3) is 0 Å². The Labute approximate surface area is 114 Å². The van der Waals surface area contributed by atoms with Crippen molar-refractivity contribution in [2.24, 2.45) is 7.05 Å². The molecule has 0 aliphatic rings. The number of nitrogens with zero attached hydrogens (tertiary/aromatic N) is 3. The summed E-state index contributed by atoms with van der Waals surface area (Å²) in [6, 6.07) is 5.96. The van der Waals surface area contributed by atoms with Crippen molar-refractivity contribution >= 4 is 11.7 Å². The summed E-state index contributed by atoms with van der Waals surface area (Å²) in [6.07, 6.45) is 1.45. The van der Waals surface area contributed by atoms with Crippen LogP contribution in [0.5, 0.6) is 5.75 Å². The molecule has 0 bridgehead atoms. The second kappa shape index (κ2) is 5.40. The summed E-state index contributed by atoms with van der Waals surface area (Å²) in [4.78, 5) is 12.1. The van der Waals surface area contributed by atoms with E-state index in [1.54, 1.807) is 7.05 Å². The standard InChI is InChI=1S/C13H11FN4O2/c1-18-7-8(6-15)12(17-18)16-13(19)11-9(14)4-3-5-10(11)20-2/h3-5,7H,1-2H3,(H,16,17,19). The molecule has 0 unspecified atom stereocenters. The first-order valence-corrected chi connectivity index (χ1v) is 5.64. The third kappa shape index (κ3) is 2.44. The third-order valence-electron chi connectivity index (χ3n) is 2.60. The molecule has 2 aromatic rings. The second-order valence-electron chi connectivity index (χ2n) is 3.95. The van der Waals surface area contributed by atoms with E-state index in [1.165, 1.54) is 30.1 Å². The van der Waals surface area contributed by atoms with E-state index < -0.39 is 11.7 Å². The van der Waals surface area contributed by atoms with Gasteiger partial charge in [-0.2, -0.15) is 10.4 Å². The number of aromatic nitrogens is 2. The Balaban J connectivity index is 2.36. The quantitative estimate of drug-likeness (QED) is 0.923. The molecule has 0 fully saturated rings. The maximum Gasteiger partial charge on any atom is 0.263 e. The number of rotatable bonds is 3. The molecule has 20 heavy (non-hydrogen) atoms. The average molecular weight is 274 g/mol. The number of hydrogen-bond acceptors (Lipinski definition) is 4.